The van der Waals surface area contributed by atoms with Crippen LogP contribution in [0.3, 0.4) is 0 Å². The average molecular weight is 453 g/mol. The molecule has 4 rings (SSSR count). The lowest BCUT2D eigenvalue weighted by Gasteiger charge is -2.35. The van der Waals surface area contributed by atoms with Crippen molar-refractivity contribution in [3.63, 3.8) is 0 Å². The molecule has 0 saturated carbocycles. The van der Waals surface area contributed by atoms with E-state index in [2.05, 4.69) is 44.1 Å². The van der Waals surface area contributed by atoms with Gasteiger partial charge in [0.25, 0.3) is 5.91 Å². The van der Waals surface area contributed by atoms with Gasteiger partial charge in [-0.25, -0.2) is 4.68 Å². The minimum absolute atomic E-state index is 0.0859. The van der Waals surface area contributed by atoms with Crippen LogP contribution < -0.4 is 0 Å². The van der Waals surface area contributed by atoms with Gasteiger partial charge in [0.05, 0.1) is 22.6 Å². The van der Waals surface area contributed by atoms with Gasteiger partial charge in [-0.1, -0.05) is 52.3 Å². The van der Waals surface area contributed by atoms with Crippen molar-refractivity contribution in [2.24, 2.45) is 0 Å². The molecule has 0 spiro atoms. The third-order valence-corrected chi connectivity index (χ3v) is 6.29. The quantitative estimate of drug-likeness (QED) is 0.595. The van der Waals surface area contributed by atoms with Crippen LogP contribution in [0.4, 0.5) is 0 Å². The number of benzene rings is 2. The monoisotopic (exact) mass is 452 g/mol. The predicted molar refractivity (Wildman–Crippen MR) is 118 cm³/mol. The first-order valence-electron chi connectivity index (χ1n) is 9.91. The summed E-state index contributed by atoms with van der Waals surface area (Å²) in [6.07, 6.45) is 0. The summed E-state index contributed by atoms with van der Waals surface area (Å²) >= 11 is 3.63. The molecule has 0 atom stereocenters. The fourth-order valence-corrected chi connectivity index (χ4v) is 4.32. The summed E-state index contributed by atoms with van der Waals surface area (Å²) in [5.74, 6) is 0.0859. The number of hydrogen-bond donors (Lipinski definition) is 0. The Balaban J connectivity index is 1.45. The predicted octanol–water partition coefficient (Wildman–Crippen LogP) is 4.21. The van der Waals surface area contributed by atoms with E-state index in [1.54, 1.807) is 0 Å². The lowest BCUT2D eigenvalue weighted by Crippen LogP contribution is -2.48. The van der Waals surface area contributed by atoms with E-state index in [4.69, 9.17) is 0 Å². The molecule has 0 unspecified atom stereocenters. The fourth-order valence-electron chi connectivity index (χ4n) is 3.91. The number of piperazine rings is 1. The number of rotatable bonds is 4. The second kappa shape index (κ2) is 8.51. The molecule has 150 valence electrons. The first kappa shape index (κ1) is 19.9. The zero-order valence-electron chi connectivity index (χ0n) is 16.8. The van der Waals surface area contributed by atoms with Crippen LogP contribution in [0.25, 0.3) is 5.69 Å². The van der Waals surface area contributed by atoms with E-state index >= 15 is 0 Å². The topological polar surface area (TPSA) is 41.4 Å². The van der Waals surface area contributed by atoms with Crippen molar-refractivity contribution in [2.75, 3.05) is 26.2 Å². The standard InChI is InChI=1S/C23H25BrN4O/c1-17-22(18(2)28(25-17)20-9-4-3-5-10-20)23(29)27-14-12-26(13-15-27)16-19-8-6-7-11-21(19)24/h3-11H,12-16H2,1-2H3. The molecule has 2 heterocycles. The molecule has 0 bridgehead atoms. The van der Waals surface area contributed by atoms with Crippen LogP contribution in [0.2, 0.25) is 0 Å². The molecule has 3 aromatic rings. The van der Waals surface area contributed by atoms with Crippen LogP contribution in [0.15, 0.2) is 59.1 Å². The van der Waals surface area contributed by atoms with Crippen molar-refractivity contribution in [2.45, 2.75) is 20.4 Å². The van der Waals surface area contributed by atoms with E-state index in [-0.39, 0.29) is 5.91 Å². The summed E-state index contributed by atoms with van der Waals surface area (Å²) in [4.78, 5) is 17.6. The Bertz CT molecular complexity index is 1010. The number of nitrogens with zero attached hydrogens (tertiary/aromatic N) is 4. The summed E-state index contributed by atoms with van der Waals surface area (Å²) < 4.78 is 3.00. The maximum absolute atomic E-state index is 13.3. The first-order chi connectivity index (χ1) is 14.0. The average Bonchev–Trinajstić information content (AvgIpc) is 3.04. The van der Waals surface area contributed by atoms with Crippen LogP contribution >= 0.6 is 15.9 Å². The van der Waals surface area contributed by atoms with Crippen LogP contribution in [-0.4, -0.2) is 51.7 Å². The highest BCUT2D eigenvalue weighted by Gasteiger charge is 2.27. The molecule has 0 radical (unpaired) electrons. The van der Waals surface area contributed by atoms with Crippen LogP contribution in [0, 0.1) is 13.8 Å². The Labute approximate surface area is 180 Å². The highest BCUT2D eigenvalue weighted by molar-refractivity contribution is 9.10. The Kier molecular flexibility index (Phi) is 5.83. The van der Waals surface area contributed by atoms with E-state index < -0.39 is 0 Å². The summed E-state index contributed by atoms with van der Waals surface area (Å²) in [5, 5.41) is 4.63. The second-order valence-corrected chi connectivity index (χ2v) is 8.31. The molecule has 29 heavy (non-hydrogen) atoms. The minimum atomic E-state index is 0.0859. The second-order valence-electron chi connectivity index (χ2n) is 7.45. The molecule has 6 heteroatoms. The molecule has 0 N–H and O–H groups in total. The smallest absolute Gasteiger partial charge is 0.257 e. The van der Waals surface area contributed by atoms with E-state index in [0.717, 1.165) is 59.8 Å². The molecular formula is C23H25BrN4O. The van der Waals surface area contributed by atoms with E-state index in [9.17, 15) is 4.79 Å². The normalized spacial score (nSPS) is 14.9. The Morgan fingerprint density at radius 1 is 0.966 bits per heavy atom. The number of halogens is 1. The van der Waals surface area contributed by atoms with Crippen molar-refractivity contribution in [1.82, 2.24) is 19.6 Å². The molecule has 0 aliphatic carbocycles. The lowest BCUT2D eigenvalue weighted by molar-refractivity contribution is 0.0627. The molecule has 5 nitrogen and oxygen atoms in total. The summed E-state index contributed by atoms with van der Waals surface area (Å²) in [6.45, 7) is 8.01. The number of carbonyl (C=O) groups is 1. The van der Waals surface area contributed by atoms with Gasteiger partial charge < -0.3 is 4.90 Å². The first-order valence-corrected chi connectivity index (χ1v) is 10.7. The van der Waals surface area contributed by atoms with Gasteiger partial charge in [0.2, 0.25) is 0 Å². The zero-order chi connectivity index (χ0) is 20.4. The molecular weight excluding hydrogens is 428 g/mol. The molecule has 1 aliphatic heterocycles. The molecule has 1 fully saturated rings. The number of para-hydroxylation sites is 1. The van der Waals surface area contributed by atoms with Crippen LogP contribution in [-0.2, 0) is 6.54 Å². The summed E-state index contributed by atoms with van der Waals surface area (Å²) in [7, 11) is 0. The zero-order valence-corrected chi connectivity index (χ0v) is 18.4. The number of aryl methyl sites for hydroxylation is 1. The maximum Gasteiger partial charge on any atom is 0.257 e. The highest BCUT2D eigenvalue weighted by Crippen LogP contribution is 2.22. The molecule has 1 saturated heterocycles. The number of hydrogen-bond acceptors (Lipinski definition) is 3. The van der Waals surface area contributed by atoms with Gasteiger partial charge in [0, 0.05) is 37.2 Å². The summed E-state index contributed by atoms with van der Waals surface area (Å²) in [6, 6.07) is 18.3. The van der Waals surface area contributed by atoms with Gasteiger partial charge >= 0.3 is 0 Å². The van der Waals surface area contributed by atoms with Crippen molar-refractivity contribution in [3.8, 4) is 5.69 Å². The van der Waals surface area contributed by atoms with E-state index in [1.807, 2.05) is 59.8 Å². The fraction of sp³-hybridized carbons (Fsp3) is 0.304. The van der Waals surface area contributed by atoms with E-state index in [1.165, 1.54) is 5.56 Å². The van der Waals surface area contributed by atoms with Gasteiger partial charge in [0.1, 0.15) is 0 Å². The van der Waals surface area contributed by atoms with Gasteiger partial charge in [0.15, 0.2) is 0 Å². The molecule has 1 aliphatic rings. The Hall–Kier alpha value is -2.44. The van der Waals surface area contributed by atoms with Crippen molar-refractivity contribution < 1.29 is 4.79 Å². The van der Waals surface area contributed by atoms with Crippen molar-refractivity contribution in [1.29, 1.82) is 0 Å². The van der Waals surface area contributed by atoms with E-state index in [0.29, 0.717) is 0 Å². The van der Waals surface area contributed by atoms with Gasteiger partial charge in [-0.05, 0) is 37.6 Å². The van der Waals surface area contributed by atoms with Crippen LogP contribution in [0.5, 0.6) is 0 Å². The Morgan fingerprint density at radius 3 is 2.31 bits per heavy atom. The third-order valence-electron chi connectivity index (χ3n) is 5.52. The number of amides is 1. The maximum atomic E-state index is 13.3. The number of carbonyl (C=O) groups excluding carboxylic acids is 1. The minimum Gasteiger partial charge on any atom is -0.336 e. The van der Waals surface area contributed by atoms with Crippen LogP contribution in [0.1, 0.15) is 27.3 Å². The van der Waals surface area contributed by atoms with Crippen molar-refractivity contribution >= 4 is 21.8 Å². The largest absolute Gasteiger partial charge is 0.336 e. The van der Waals surface area contributed by atoms with Crippen molar-refractivity contribution in [3.05, 3.63) is 81.6 Å². The third kappa shape index (κ3) is 4.14. The molecule has 2 aromatic carbocycles. The van der Waals surface area contributed by atoms with Gasteiger partial charge in [-0.3, -0.25) is 9.69 Å². The van der Waals surface area contributed by atoms with Gasteiger partial charge in [-0.2, -0.15) is 5.10 Å². The molecule has 1 amide bonds. The SMILES string of the molecule is Cc1nn(-c2ccccc2)c(C)c1C(=O)N1CCN(Cc2ccccc2Br)CC1. The lowest BCUT2D eigenvalue weighted by atomic mass is 10.1. The highest BCUT2D eigenvalue weighted by atomic mass is 79.9. The molecule has 1 aromatic heterocycles. The summed E-state index contributed by atoms with van der Waals surface area (Å²) in [5.41, 5.74) is 4.67. The number of aromatic nitrogens is 2. The van der Waals surface area contributed by atoms with Gasteiger partial charge in [-0.15, -0.1) is 0 Å². The Morgan fingerprint density at radius 2 is 1.62 bits per heavy atom.